The van der Waals surface area contributed by atoms with Crippen LogP contribution in [-0.2, 0) is 0 Å². The van der Waals surface area contributed by atoms with Crippen LogP contribution in [0.2, 0.25) is 0 Å². The molecule has 0 bridgehead atoms. The molecule has 1 rings (SSSR count). The van der Waals surface area contributed by atoms with E-state index >= 15 is 0 Å². The minimum absolute atomic E-state index is 0.00589. The van der Waals surface area contributed by atoms with Crippen molar-refractivity contribution in [3.63, 3.8) is 0 Å². The molecule has 0 aliphatic rings. The number of rotatable bonds is 7. The maximum Gasteiger partial charge on any atom is 0.124 e. The first-order valence-corrected chi connectivity index (χ1v) is 5.84. The van der Waals surface area contributed by atoms with Crippen molar-refractivity contribution in [2.24, 2.45) is 5.73 Å². The molecule has 0 heterocycles. The van der Waals surface area contributed by atoms with E-state index in [1.807, 2.05) is 31.2 Å². The fourth-order valence-corrected chi connectivity index (χ4v) is 1.56. The van der Waals surface area contributed by atoms with E-state index in [2.05, 4.69) is 0 Å². The van der Waals surface area contributed by atoms with E-state index in [1.54, 1.807) is 0 Å². The summed E-state index contributed by atoms with van der Waals surface area (Å²) in [6.45, 7) is 2.90. The summed E-state index contributed by atoms with van der Waals surface area (Å²) in [5.41, 5.74) is 6.90. The van der Waals surface area contributed by atoms with E-state index in [4.69, 9.17) is 15.6 Å². The van der Waals surface area contributed by atoms with Gasteiger partial charge >= 0.3 is 0 Å². The molecule has 0 aliphatic heterocycles. The van der Waals surface area contributed by atoms with Gasteiger partial charge in [0.25, 0.3) is 0 Å². The molecule has 0 aromatic heterocycles. The lowest BCUT2D eigenvalue weighted by Crippen LogP contribution is -2.08. The van der Waals surface area contributed by atoms with Crippen molar-refractivity contribution >= 4 is 0 Å². The van der Waals surface area contributed by atoms with Crippen molar-refractivity contribution < 1.29 is 9.84 Å². The normalized spacial score (nSPS) is 12.4. The summed E-state index contributed by atoms with van der Waals surface area (Å²) < 4.78 is 5.68. The first-order chi connectivity index (χ1) is 7.75. The average molecular weight is 223 g/mol. The van der Waals surface area contributed by atoms with Crippen LogP contribution in [0.4, 0.5) is 0 Å². The van der Waals surface area contributed by atoms with Crippen molar-refractivity contribution in [1.82, 2.24) is 0 Å². The molecule has 0 spiro atoms. The molecule has 3 N–H and O–H groups in total. The average Bonchev–Trinajstić information content (AvgIpc) is 2.29. The molecule has 0 fully saturated rings. The molecule has 0 amide bonds. The van der Waals surface area contributed by atoms with Crippen LogP contribution in [0, 0.1) is 0 Å². The second kappa shape index (κ2) is 7.25. The van der Waals surface area contributed by atoms with Crippen molar-refractivity contribution in [1.29, 1.82) is 0 Å². The summed E-state index contributed by atoms with van der Waals surface area (Å²) >= 11 is 0. The van der Waals surface area contributed by atoms with E-state index in [0.29, 0.717) is 6.61 Å². The number of nitrogens with two attached hydrogens (primary N) is 1. The Balaban J connectivity index is 2.41. The monoisotopic (exact) mass is 223 g/mol. The highest BCUT2D eigenvalue weighted by Crippen LogP contribution is 2.23. The molecule has 3 nitrogen and oxygen atoms in total. The Bertz CT molecular complexity index is 300. The Kier molecular flexibility index (Phi) is 5.90. The molecule has 0 unspecified atom stereocenters. The summed E-state index contributed by atoms with van der Waals surface area (Å²) in [4.78, 5) is 0. The SMILES string of the molecule is C[C@H](N)c1ccccc1OCCCCCO. The lowest BCUT2D eigenvalue weighted by molar-refractivity contribution is 0.265. The van der Waals surface area contributed by atoms with Crippen molar-refractivity contribution in [3.8, 4) is 5.75 Å². The van der Waals surface area contributed by atoms with Crippen LogP contribution in [0.15, 0.2) is 24.3 Å². The third kappa shape index (κ3) is 4.21. The number of ether oxygens (including phenoxy) is 1. The van der Waals surface area contributed by atoms with Crippen LogP contribution in [0.1, 0.15) is 37.8 Å². The summed E-state index contributed by atoms with van der Waals surface area (Å²) in [5.74, 6) is 0.876. The van der Waals surface area contributed by atoms with E-state index in [1.165, 1.54) is 0 Å². The number of aliphatic hydroxyl groups is 1. The van der Waals surface area contributed by atoms with Gasteiger partial charge in [-0.15, -0.1) is 0 Å². The third-order valence-corrected chi connectivity index (χ3v) is 2.47. The first-order valence-electron chi connectivity index (χ1n) is 5.84. The Morgan fingerprint density at radius 3 is 2.69 bits per heavy atom. The number of hydrogen-bond donors (Lipinski definition) is 2. The first kappa shape index (κ1) is 13.0. The summed E-state index contributed by atoms with van der Waals surface area (Å²) in [5, 5.41) is 8.64. The summed E-state index contributed by atoms with van der Waals surface area (Å²) in [7, 11) is 0. The molecule has 0 aliphatic carbocycles. The maximum absolute atomic E-state index is 8.64. The molecule has 3 heteroatoms. The highest BCUT2D eigenvalue weighted by atomic mass is 16.5. The van der Waals surface area contributed by atoms with Gasteiger partial charge in [0.05, 0.1) is 6.61 Å². The van der Waals surface area contributed by atoms with Gasteiger partial charge in [0, 0.05) is 18.2 Å². The Morgan fingerprint density at radius 2 is 2.00 bits per heavy atom. The summed E-state index contributed by atoms with van der Waals surface area (Å²) in [6.07, 6.45) is 2.81. The number of para-hydroxylation sites is 1. The molecule has 1 aromatic carbocycles. The molecule has 16 heavy (non-hydrogen) atoms. The fraction of sp³-hybridized carbons (Fsp3) is 0.538. The van der Waals surface area contributed by atoms with Gasteiger partial charge in [-0.05, 0) is 32.3 Å². The van der Waals surface area contributed by atoms with Crippen LogP contribution in [0.25, 0.3) is 0 Å². The van der Waals surface area contributed by atoms with Gasteiger partial charge in [0.15, 0.2) is 0 Å². The van der Waals surface area contributed by atoms with Gasteiger partial charge in [-0.2, -0.15) is 0 Å². The predicted molar refractivity (Wildman–Crippen MR) is 65.5 cm³/mol. The minimum Gasteiger partial charge on any atom is -0.493 e. The molecule has 1 atom stereocenters. The van der Waals surface area contributed by atoms with Gasteiger partial charge in [0.1, 0.15) is 5.75 Å². The van der Waals surface area contributed by atoms with E-state index in [-0.39, 0.29) is 12.6 Å². The van der Waals surface area contributed by atoms with E-state index in [9.17, 15) is 0 Å². The van der Waals surface area contributed by atoms with Crippen molar-refractivity contribution in [2.45, 2.75) is 32.2 Å². The summed E-state index contributed by atoms with van der Waals surface area (Å²) in [6, 6.07) is 7.86. The Morgan fingerprint density at radius 1 is 1.25 bits per heavy atom. The van der Waals surface area contributed by atoms with E-state index < -0.39 is 0 Å². The van der Waals surface area contributed by atoms with Gasteiger partial charge in [-0.25, -0.2) is 0 Å². The molecule has 1 aromatic rings. The van der Waals surface area contributed by atoms with Crippen molar-refractivity contribution in [2.75, 3.05) is 13.2 Å². The van der Waals surface area contributed by atoms with Crippen LogP contribution in [0.3, 0.4) is 0 Å². The molecule has 0 saturated carbocycles. The molecular formula is C13H21NO2. The van der Waals surface area contributed by atoms with Gasteiger partial charge in [-0.3, -0.25) is 0 Å². The van der Waals surface area contributed by atoms with Crippen LogP contribution < -0.4 is 10.5 Å². The molecule has 0 saturated heterocycles. The predicted octanol–water partition coefficient (Wildman–Crippen LogP) is 2.25. The second-order valence-electron chi connectivity index (χ2n) is 3.96. The van der Waals surface area contributed by atoms with Gasteiger partial charge in [-0.1, -0.05) is 18.2 Å². The third-order valence-electron chi connectivity index (χ3n) is 2.47. The topological polar surface area (TPSA) is 55.5 Å². The second-order valence-corrected chi connectivity index (χ2v) is 3.96. The van der Waals surface area contributed by atoms with Crippen LogP contribution in [0.5, 0.6) is 5.75 Å². The number of benzene rings is 1. The van der Waals surface area contributed by atoms with Gasteiger partial charge in [0.2, 0.25) is 0 Å². The molecule has 0 radical (unpaired) electrons. The Hall–Kier alpha value is -1.06. The van der Waals surface area contributed by atoms with Crippen molar-refractivity contribution in [3.05, 3.63) is 29.8 Å². The number of unbranched alkanes of at least 4 members (excludes halogenated alkanes) is 2. The highest BCUT2D eigenvalue weighted by Gasteiger charge is 2.06. The minimum atomic E-state index is -0.00589. The largest absolute Gasteiger partial charge is 0.493 e. The smallest absolute Gasteiger partial charge is 0.124 e. The van der Waals surface area contributed by atoms with Gasteiger partial charge < -0.3 is 15.6 Å². The Labute approximate surface area is 97.2 Å². The fourth-order valence-electron chi connectivity index (χ4n) is 1.56. The van der Waals surface area contributed by atoms with Crippen LogP contribution >= 0.6 is 0 Å². The van der Waals surface area contributed by atoms with E-state index in [0.717, 1.165) is 30.6 Å². The van der Waals surface area contributed by atoms with Crippen LogP contribution in [-0.4, -0.2) is 18.3 Å². The number of hydrogen-bond acceptors (Lipinski definition) is 3. The highest BCUT2D eigenvalue weighted by molar-refractivity contribution is 5.35. The standard InChI is InChI=1S/C13H21NO2/c1-11(14)12-7-3-4-8-13(12)16-10-6-2-5-9-15/h3-4,7-8,11,15H,2,5-6,9-10,14H2,1H3/t11-/m0/s1. The zero-order valence-electron chi connectivity index (χ0n) is 9.86. The lowest BCUT2D eigenvalue weighted by atomic mass is 10.1. The lowest BCUT2D eigenvalue weighted by Gasteiger charge is -2.13. The zero-order chi connectivity index (χ0) is 11.8. The maximum atomic E-state index is 8.64. The molecular weight excluding hydrogens is 202 g/mol. The molecule has 90 valence electrons. The quantitative estimate of drug-likeness (QED) is 0.697. The zero-order valence-corrected chi connectivity index (χ0v) is 9.86. The number of aliphatic hydroxyl groups excluding tert-OH is 1.